The second kappa shape index (κ2) is 5.62. The Morgan fingerprint density at radius 3 is 2.94 bits per heavy atom. The molecule has 0 bridgehead atoms. The van der Waals surface area contributed by atoms with Gasteiger partial charge in [0.2, 0.25) is 0 Å². The first-order valence-corrected chi connectivity index (χ1v) is 6.38. The van der Waals surface area contributed by atoms with Gasteiger partial charge in [-0.05, 0) is 35.3 Å². The Balaban J connectivity index is 2.24. The second-order valence-corrected chi connectivity index (χ2v) is 4.93. The summed E-state index contributed by atoms with van der Waals surface area (Å²) in [5.41, 5.74) is -0.228. The van der Waals surface area contributed by atoms with Gasteiger partial charge in [0.1, 0.15) is 11.9 Å². The van der Waals surface area contributed by atoms with Crippen molar-refractivity contribution in [1.82, 2.24) is 5.32 Å². The number of benzene rings is 1. The van der Waals surface area contributed by atoms with Gasteiger partial charge in [-0.15, -0.1) is 0 Å². The van der Waals surface area contributed by atoms with E-state index in [-0.39, 0.29) is 22.0 Å². The summed E-state index contributed by atoms with van der Waals surface area (Å²) >= 11 is 2.93. The molecule has 0 radical (unpaired) electrons. The number of hydrogen-bond donors (Lipinski definition) is 1. The molecular weight excluding hydrogens is 307 g/mol. The maximum atomic E-state index is 13.4. The molecule has 0 saturated carbocycles. The Kier molecular flexibility index (Phi) is 4.13. The Morgan fingerprint density at radius 2 is 2.33 bits per heavy atom. The van der Waals surface area contributed by atoms with Gasteiger partial charge >= 0.3 is 5.69 Å². The van der Waals surface area contributed by atoms with Crippen LogP contribution in [0, 0.1) is 15.9 Å². The van der Waals surface area contributed by atoms with Gasteiger partial charge in [-0.2, -0.15) is 0 Å². The van der Waals surface area contributed by atoms with Crippen molar-refractivity contribution in [3.05, 3.63) is 32.5 Å². The number of rotatable bonds is 3. The van der Waals surface area contributed by atoms with Gasteiger partial charge in [0, 0.05) is 18.7 Å². The minimum absolute atomic E-state index is 0.0191. The highest BCUT2D eigenvalue weighted by molar-refractivity contribution is 9.10. The van der Waals surface area contributed by atoms with Gasteiger partial charge < -0.3 is 10.1 Å². The molecule has 0 spiro atoms. The summed E-state index contributed by atoms with van der Waals surface area (Å²) in [6, 6.07) is 2.18. The number of piperidine rings is 1. The lowest BCUT2D eigenvalue weighted by molar-refractivity contribution is -0.386. The van der Waals surface area contributed by atoms with E-state index in [0.29, 0.717) is 6.54 Å². The van der Waals surface area contributed by atoms with Crippen LogP contribution in [0.4, 0.5) is 10.1 Å². The molecule has 0 aromatic heterocycles. The SMILES string of the molecule is O=[N+]([O-])c1cc(Br)c(F)cc1O[C@H]1CCCNC1. The van der Waals surface area contributed by atoms with Crippen molar-refractivity contribution >= 4 is 21.6 Å². The number of nitrogens with one attached hydrogen (secondary N) is 1. The fourth-order valence-electron chi connectivity index (χ4n) is 1.86. The third kappa shape index (κ3) is 2.97. The Labute approximate surface area is 112 Å². The summed E-state index contributed by atoms with van der Waals surface area (Å²) in [4.78, 5) is 10.3. The smallest absolute Gasteiger partial charge is 0.312 e. The predicted molar refractivity (Wildman–Crippen MR) is 67.3 cm³/mol. The third-order valence-electron chi connectivity index (χ3n) is 2.74. The van der Waals surface area contributed by atoms with Crippen molar-refractivity contribution in [1.29, 1.82) is 0 Å². The molecule has 98 valence electrons. The van der Waals surface area contributed by atoms with Gasteiger partial charge in [0.05, 0.1) is 9.40 Å². The summed E-state index contributed by atoms with van der Waals surface area (Å²) < 4.78 is 19.0. The molecule has 1 aliphatic rings. The highest BCUT2D eigenvalue weighted by Gasteiger charge is 2.23. The fourth-order valence-corrected chi connectivity index (χ4v) is 2.19. The van der Waals surface area contributed by atoms with E-state index < -0.39 is 10.7 Å². The van der Waals surface area contributed by atoms with E-state index in [2.05, 4.69) is 21.2 Å². The van der Waals surface area contributed by atoms with Crippen LogP contribution >= 0.6 is 15.9 Å². The molecule has 7 heteroatoms. The first kappa shape index (κ1) is 13.2. The first-order valence-electron chi connectivity index (χ1n) is 5.58. The minimum Gasteiger partial charge on any atom is -0.482 e. The van der Waals surface area contributed by atoms with E-state index in [0.717, 1.165) is 31.5 Å². The molecule has 1 fully saturated rings. The summed E-state index contributed by atoms with van der Waals surface area (Å²) in [6.07, 6.45) is 1.59. The molecule has 0 aliphatic carbocycles. The lowest BCUT2D eigenvalue weighted by Gasteiger charge is -2.23. The van der Waals surface area contributed by atoms with E-state index in [9.17, 15) is 14.5 Å². The molecule has 1 N–H and O–H groups in total. The number of nitro groups is 1. The predicted octanol–water partition coefficient (Wildman–Crippen LogP) is 2.63. The van der Waals surface area contributed by atoms with Crippen LogP contribution in [0.15, 0.2) is 16.6 Å². The molecule has 1 saturated heterocycles. The van der Waals surface area contributed by atoms with Crippen LogP contribution in [-0.2, 0) is 0 Å². The summed E-state index contributed by atoms with van der Waals surface area (Å²) in [5.74, 6) is -0.589. The number of halogens is 2. The lowest BCUT2D eigenvalue weighted by Crippen LogP contribution is -2.37. The van der Waals surface area contributed by atoms with Gasteiger partial charge in [-0.25, -0.2) is 4.39 Å². The van der Waals surface area contributed by atoms with Crippen LogP contribution in [0.2, 0.25) is 0 Å². The van der Waals surface area contributed by atoms with Gasteiger partial charge in [0.25, 0.3) is 0 Å². The number of hydrogen-bond acceptors (Lipinski definition) is 4. The third-order valence-corrected chi connectivity index (χ3v) is 3.35. The van der Waals surface area contributed by atoms with Crippen molar-refractivity contribution in [3.63, 3.8) is 0 Å². The van der Waals surface area contributed by atoms with E-state index in [4.69, 9.17) is 4.74 Å². The molecular formula is C11H12BrFN2O3. The standard InChI is InChI=1S/C11H12BrFN2O3/c12-8-4-10(15(16)17)11(5-9(8)13)18-7-2-1-3-14-6-7/h4-5,7,14H,1-3,6H2/t7-/m0/s1. The quantitative estimate of drug-likeness (QED) is 0.687. The lowest BCUT2D eigenvalue weighted by atomic mass is 10.1. The molecule has 0 amide bonds. The topological polar surface area (TPSA) is 64.4 Å². The molecule has 1 aromatic rings. The zero-order chi connectivity index (χ0) is 13.1. The molecule has 18 heavy (non-hydrogen) atoms. The van der Waals surface area contributed by atoms with Crippen LogP contribution in [0.25, 0.3) is 0 Å². The van der Waals surface area contributed by atoms with Crippen molar-refractivity contribution in [2.45, 2.75) is 18.9 Å². The molecule has 0 unspecified atom stereocenters. The molecule has 1 aliphatic heterocycles. The largest absolute Gasteiger partial charge is 0.482 e. The molecule has 1 atom stereocenters. The van der Waals surface area contributed by atoms with E-state index in [1.807, 2.05) is 0 Å². The maximum absolute atomic E-state index is 13.4. The van der Waals surface area contributed by atoms with Crippen LogP contribution in [0.3, 0.4) is 0 Å². The summed E-state index contributed by atoms with van der Waals surface area (Å²) in [6.45, 7) is 1.53. The van der Waals surface area contributed by atoms with Crippen LogP contribution in [0.1, 0.15) is 12.8 Å². The van der Waals surface area contributed by atoms with Crippen LogP contribution in [0.5, 0.6) is 5.75 Å². The second-order valence-electron chi connectivity index (χ2n) is 4.08. The Morgan fingerprint density at radius 1 is 1.56 bits per heavy atom. The van der Waals surface area contributed by atoms with E-state index in [1.54, 1.807) is 0 Å². The minimum atomic E-state index is -0.574. The maximum Gasteiger partial charge on any atom is 0.312 e. The zero-order valence-electron chi connectivity index (χ0n) is 9.49. The number of ether oxygens (including phenoxy) is 1. The zero-order valence-corrected chi connectivity index (χ0v) is 11.1. The van der Waals surface area contributed by atoms with Crippen molar-refractivity contribution < 1.29 is 14.1 Å². The first-order chi connectivity index (χ1) is 8.58. The molecule has 2 rings (SSSR count). The van der Waals surface area contributed by atoms with Crippen LogP contribution in [-0.4, -0.2) is 24.1 Å². The highest BCUT2D eigenvalue weighted by atomic mass is 79.9. The average Bonchev–Trinajstić information content (AvgIpc) is 2.34. The summed E-state index contributed by atoms with van der Waals surface area (Å²) in [7, 11) is 0. The molecule has 5 nitrogen and oxygen atoms in total. The van der Waals surface area contributed by atoms with Gasteiger partial charge in [0.15, 0.2) is 5.75 Å². The molecule has 1 heterocycles. The van der Waals surface area contributed by atoms with Crippen LogP contribution < -0.4 is 10.1 Å². The normalized spacial score (nSPS) is 19.6. The van der Waals surface area contributed by atoms with Gasteiger partial charge in [-0.1, -0.05) is 0 Å². The van der Waals surface area contributed by atoms with E-state index in [1.165, 1.54) is 0 Å². The molecule has 1 aromatic carbocycles. The average molecular weight is 319 g/mol. The summed E-state index contributed by atoms with van der Waals surface area (Å²) in [5, 5.41) is 14.0. The monoisotopic (exact) mass is 318 g/mol. The van der Waals surface area contributed by atoms with E-state index >= 15 is 0 Å². The Hall–Kier alpha value is -1.21. The number of nitro benzene ring substituents is 1. The van der Waals surface area contributed by atoms with Crippen molar-refractivity contribution in [3.8, 4) is 5.75 Å². The Bertz CT molecular complexity index is 464. The fraction of sp³-hybridized carbons (Fsp3) is 0.455. The van der Waals surface area contributed by atoms with Gasteiger partial charge in [-0.3, -0.25) is 10.1 Å². The number of nitrogens with zero attached hydrogens (tertiary/aromatic N) is 1. The van der Waals surface area contributed by atoms with Crippen molar-refractivity contribution in [2.75, 3.05) is 13.1 Å². The van der Waals surface area contributed by atoms with Crippen molar-refractivity contribution in [2.24, 2.45) is 0 Å². The highest BCUT2D eigenvalue weighted by Crippen LogP contribution is 2.33.